The van der Waals surface area contributed by atoms with Gasteiger partial charge in [-0.25, -0.2) is 8.42 Å². The summed E-state index contributed by atoms with van der Waals surface area (Å²) in [5.41, 5.74) is 1.33. The molecule has 2 heterocycles. The van der Waals surface area contributed by atoms with Crippen LogP contribution in [0.2, 0.25) is 5.02 Å². The molecule has 1 atom stereocenters. The van der Waals surface area contributed by atoms with Gasteiger partial charge in [0.2, 0.25) is 10.0 Å². The number of halogens is 1. The second-order valence-electron chi connectivity index (χ2n) is 7.74. The smallest absolute Gasteiger partial charge is 0.277 e. The van der Waals surface area contributed by atoms with Crippen molar-refractivity contribution in [3.63, 3.8) is 0 Å². The molecule has 4 rings (SSSR count). The molecule has 1 amide bonds. The molecule has 1 saturated heterocycles. The molecule has 1 N–H and O–H groups in total. The number of anilines is 1. The monoisotopic (exact) mass is 473 g/mol. The van der Waals surface area contributed by atoms with Crippen LogP contribution in [0, 0.1) is 0 Å². The Morgan fingerprint density at radius 3 is 2.56 bits per heavy atom. The van der Waals surface area contributed by atoms with Crippen LogP contribution < -0.4 is 5.32 Å². The number of hydrogen-bond donors (Lipinski definition) is 1. The van der Waals surface area contributed by atoms with Crippen LogP contribution in [0.25, 0.3) is 11.3 Å². The SMILES string of the molecule is CC[C@H]1CCCCN1S(=O)(=O)c1ccc(NC(=O)c2cc(-c3ccc(Cl)cc3)on2)cc1. The van der Waals surface area contributed by atoms with E-state index in [9.17, 15) is 13.2 Å². The topological polar surface area (TPSA) is 92.5 Å². The lowest BCUT2D eigenvalue weighted by Gasteiger charge is -2.34. The first kappa shape index (κ1) is 22.5. The molecular formula is C23H24ClN3O4S. The van der Waals surface area contributed by atoms with Crippen LogP contribution >= 0.6 is 11.6 Å². The molecule has 7 nitrogen and oxygen atoms in total. The zero-order valence-corrected chi connectivity index (χ0v) is 19.2. The number of nitrogens with zero attached hydrogens (tertiary/aromatic N) is 2. The summed E-state index contributed by atoms with van der Waals surface area (Å²) in [5, 5.41) is 7.14. The summed E-state index contributed by atoms with van der Waals surface area (Å²) in [4.78, 5) is 12.8. The van der Waals surface area contributed by atoms with Crippen molar-refractivity contribution < 1.29 is 17.7 Å². The van der Waals surface area contributed by atoms with Gasteiger partial charge in [-0.05, 0) is 67.8 Å². The summed E-state index contributed by atoms with van der Waals surface area (Å²) in [6.45, 7) is 2.56. The summed E-state index contributed by atoms with van der Waals surface area (Å²) in [7, 11) is -3.57. The van der Waals surface area contributed by atoms with E-state index in [2.05, 4.69) is 10.5 Å². The lowest BCUT2D eigenvalue weighted by atomic mass is 10.0. The standard InChI is InChI=1S/C23H24ClN3O4S/c1-2-19-5-3-4-14-27(19)32(29,30)20-12-10-18(11-13-20)25-23(28)21-15-22(31-26-21)16-6-8-17(24)9-7-16/h6-13,15,19H,2-5,14H2,1H3,(H,25,28)/t19-/m0/s1. The Morgan fingerprint density at radius 2 is 1.88 bits per heavy atom. The number of rotatable bonds is 6. The average Bonchev–Trinajstić information content (AvgIpc) is 3.30. The Labute approximate surface area is 192 Å². The van der Waals surface area contributed by atoms with Crippen LogP contribution in [-0.2, 0) is 10.0 Å². The molecule has 0 aliphatic carbocycles. The van der Waals surface area contributed by atoms with Gasteiger partial charge in [-0.3, -0.25) is 4.79 Å². The van der Waals surface area contributed by atoms with Crippen LogP contribution in [0.1, 0.15) is 43.1 Å². The lowest BCUT2D eigenvalue weighted by Crippen LogP contribution is -2.43. The van der Waals surface area contributed by atoms with Gasteiger partial charge in [0, 0.05) is 34.9 Å². The van der Waals surface area contributed by atoms with E-state index in [0.29, 0.717) is 23.0 Å². The first-order chi connectivity index (χ1) is 15.4. The number of hydrogen-bond acceptors (Lipinski definition) is 5. The van der Waals surface area contributed by atoms with Crippen LogP contribution in [0.15, 0.2) is 64.0 Å². The van der Waals surface area contributed by atoms with E-state index < -0.39 is 15.9 Å². The van der Waals surface area contributed by atoms with Crippen molar-refractivity contribution in [3.8, 4) is 11.3 Å². The van der Waals surface area contributed by atoms with Crippen molar-refractivity contribution in [1.82, 2.24) is 9.46 Å². The average molecular weight is 474 g/mol. The fourth-order valence-corrected chi connectivity index (χ4v) is 5.76. The van der Waals surface area contributed by atoms with E-state index in [1.165, 1.54) is 12.1 Å². The number of amides is 1. The van der Waals surface area contributed by atoms with E-state index in [1.807, 2.05) is 6.92 Å². The molecule has 1 aromatic heterocycles. The Balaban J connectivity index is 1.46. The number of carbonyl (C=O) groups excluding carboxylic acids is 1. The maximum Gasteiger partial charge on any atom is 0.277 e. The zero-order chi connectivity index (χ0) is 22.7. The molecule has 0 spiro atoms. The van der Waals surface area contributed by atoms with Gasteiger partial charge in [0.25, 0.3) is 5.91 Å². The summed E-state index contributed by atoms with van der Waals surface area (Å²) in [5.74, 6) is -0.00749. The van der Waals surface area contributed by atoms with Gasteiger partial charge < -0.3 is 9.84 Å². The fraction of sp³-hybridized carbons (Fsp3) is 0.304. The molecule has 32 heavy (non-hydrogen) atoms. The minimum Gasteiger partial charge on any atom is -0.355 e. The number of piperidine rings is 1. The number of aromatic nitrogens is 1. The van der Waals surface area contributed by atoms with Gasteiger partial charge in [0.15, 0.2) is 11.5 Å². The maximum absolute atomic E-state index is 13.1. The molecule has 0 bridgehead atoms. The Bertz CT molecular complexity index is 1190. The van der Waals surface area contributed by atoms with Crippen molar-refractivity contribution in [1.29, 1.82) is 0 Å². The molecule has 1 fully saturated rings. The molecule has 1 aliphatic rings. The van der Waals surface area contributed by atoms with E-state index >= 15 is 0 Å². The fourth-order valence-electron chi connectivity index (χ4n) is 3.87. The number of benzene rings is 2. The van der Waals surface area contributed by atoms with Gasteiger partial charge in [-0.15, -0.1) is 0 Å². The minimum absolute atomic E-state index is 0.0372. The third kappa shape index (κ3) is 4.72. The highest BCUT2D eigenvalue weighted by molar-refractivity contribution is 7.89. The molecule has 0 radical (unpaired) electrons. The van der Waals surface area contributed by atoms with Crippen molar-refractivity contribution in [2.75, 3.05) is 11.9 Å². The third-order valence-corrected chi connectivity index (χ3v) is 7.85. The largest absolute Gasteiger partial charge is 0.355 e. The van der Waals surface area contributed by atoms with Gasteiger partial charge in [0.05, 0.1) is 4.90 Å². The maximum atomic E-state index is 13.1. The number of nitrogens with one attached hydrogen (secondary N) is 1. The highest BCUT2D eigenvalue weighted by Crippen LogP contribution is 2.28. The highest BCUT2D eigenvalue weighted by Gasteiger charge is 2.32. The highest BCUT2D eigenvalue weighted by atomic mass is 35.5. The molecule has 2 aromatic carbocycles. The van der Waals surface area contributed by atoms with Crippen molar-refractivity contribution >= 4 is 33.2 Å². The van der Waals surface area contributed by atoms with Crippen LogP contribution in [0.5, 0.6) is 0 Å². The number of sulfonamides is 1. The number of carbonyl (C=O) groups is 1. The van der Waals surface area contributed by atoms with Gasteiger partial charge in [0.1, 0.15) is 0 Å². The molecule has 168 valence electrons. The minimum atomic E-state index is -3.57. The summed E-state index contributed by atoms with van der Waals surface area (Å²) in [6.07, 6.45) is 3.61. The second-order valence-corrected chi connectivity index (χ2v) is 10.1. The Morgan fingerprint density at radius 1 is 1.16 bits per heavy atom. The summed E-state index contributed by atoms with van der Waals surface area (Å²) in [6, 6.07) is 14.8. The predicted molar refractivity (Wildman–Crippen MR) is 123 cm³/mol. The molecule has 3 aromatic rings. The quantitative estimate of drug-likeness (QED) is 0.531. The van der Waals surface area contributed by atoms with Crippen molar-refractivity contribution in [2.45, 2.75) is 43.5 Å². The molecular weight excluding hydrogens is 450 g/mol. The molecule has 0 unspecified atom stereocenters. The first-order valence-corrected chi connectivity index (χ1v) is 12.4. The van der Waals surface area contributed by atoms with E-state index in [4.69, 9.17) is 16.1 Å². The van der Waals surface area contributed by atoms with Crippen LogP contribution in [0.4, 0.5) is 5.69 Å². The Hall–Kier alpha value is -2.68. The van der Waals surface area contributed by atoms with E-state index in [1.54, 1.807) is 46.8 Å². The van der Waals surface area contributed by atoms with Gasteiger partial charge in [-0.1, -0.05) is 30.1 Å². The van der Waals surface area contributed by atoms with E-state index in [-0.39, 0.29) is 16.6 Å². The normalized spacial score (nSPS) is 17.2. The van der Waals surface area contributed by atoms with Gasteiger partial charge in [-0.2, -0.15) is 4.31 Å². The molecule has 1 aliphatic heterocycles. The second kappa shape index (κ2) is 9.44. The Kier molecular flexibility index (Phi) is 6.64. The van der Waals surface area contributed by atoms with Crippen LogP contribution in [0.3, 0.4) is 0 Å². The lowest BCUT2D eigenvalue weighted by molar-refractivity contribution is 0.101. The van der Waals surface area contributed by atoms with Crippen molar-refractivity contribution in [2.24, 2.45) is 0 Å². The predicted octanol–water partition coefficient (Wildman–Crippen LogP) is 5.20. The third-order valence-electron chi connectivity index (χ3n) is 5.63. The summed E-state index contributed by atoms with van der Waals surface area (Å²) >= 11 is 5.89. The van der Waals surface area contributed by atoms with Crippen molar-refractivity contribution in [3.05, 3.63) is 65.3 Å². The molecule has 9 heteroatoms. The zero-order valence-electron chi connectivity index (χ0n) is 17.6. The van der Waals surface area contributed by atoms with E-state index in [0.717, 1.165) is 31.2 Å². The van der Waals surface area contributed by atoms with Gasteiger partial charge >= 0.3 is 0 Å². The van der Waals surface area contributed by atoms with Crippen LogP contribution in [-0.4, -0.2) is 36.4 Å². The molecule has 0 saturated carbocycles. The first-order valence-electron chi connectivity index (χ1n) is 10.5. The summed E-state index contributed by atoms with van der Waals surface area (Å²) < 4.78 is 33.0.